The summed E-state index contributed by atoms with van der Waals surface area (Å²) in [5.74, 6) is -6.13. The summed E-state index contributed by atoms with van der Waals surface area (Å²) in [6.07, 6.45) is -0.954. The smallest absolute Gasteiger partial charge is 0.336 e. The topological polar surface area (TPSA) is 132 Å². The zero-order valence-corrected chi connectivity index (χ0v) is 8.01. The van der Waals surface area contributed by atoms with Crippen molar-refractivity contribution in [2.45, 2.75) is 25.4 Å². The SMILES string of the molecule is CC(O)(C(=O)O)C(CCC(=O)O)C(=O)O. The van der Waals surface area contributed by atoms with Crippen molar-refractivity contribution in [2.24, 2.45) is 5.92 Å². The van der Waals surface area contributed by atoms with Crippen molar-refractivity contribution < 1.29 is 34.8 Å². The van der Waals surface area contributed by atoms with Gasteiger partial charge in [0, 0.05) is 6.42 Å². The molecular formula is C8H12O7. The molecule has 4 N–H and O–H groups in total. The normalized spacial score (nSPS) is 16.4. The van der Waals surface area contributed by atoms with Crippen molar-refractivity contribution in [3.63, 3.8) is 0 Å². The Labute approximate surface area is 85.0 Å². The van der Waals surface area contributed by atoms with Crippen LogP contribution in [0.3, 0.4) is 0 Å². The van der Waals surface area contributed by atoms with Gasteiger partial charge in [0.2, 0.25) is 0 Å². The molecule has 0 radical (unpaired) electrons. The lowest BCUT2D eigenvalue weighted by Crippen LogP contribution is -2.46. The van der Waals surface area contributed by atoms with Crippen molar-refractivity contribution in [3.05, 3.63) is 0 Å². The highest BCUT2D eigenvalue weighted by Crippen LogP contribution is 2.23. The zero-order chi connectivity index (χ0) is 12.2. The summed E-state index contributed by atoms with van der Waals surface area (Å²) in [4.78, 5) is 31.4. The van der Waals surface area contributed by atoms with Gasteiger partial charge in [-0.25, -0.2) is 4.79 Å². The first-order valence-corrected chi connectivity index (χ1v) is 4.10. The van der Waals surface area contributed by atoms with Gasteiger partial charge in [-0.2, -0.15) is 0 Å². The maximum atomic E-state index is 10.6. The molecule has 86 valence electrons. The first-order chi connectivity index (χ1) is 6.69. The molecule has 7 heteroatoms. The average Bonchev–Trinajstić information content (AvgIpc) is 2.01. The van der Waals surface area contributed by atoms with Gasteiger partial charge in [0.05, 0.1) is 5.92 Å². The Hall–Kier alpha value is -1.63. The standard InChI is InChI=1S/C8H12O7/c1-8(15,7(13)14)4(6(11)12)2-3-5(9)10/h4,15H,2-3H2,1H3,(H,9,10)(H,11,12)(H,13,14). The number of rotatable bonds is 6. The van der Waals surface area contributed by atoms with Crippen LogP contribution in [0, 0.1) is 5.92 Å². The van der Waals surface area contributed by atoms with E-state index in [2.05, 4.69) is 0 Å². The van der Waals surface area contributed by atoms with E-state index < -0.39 is 42.3 Å². The van der Waals surface area contributed by atoms with Gasteiger partial charge in [0.1, 0.15) is 0 Å². The lowest BCUT2D eigenvalue weighted by atomic mass is 9.85. The van der Waals surface area contributed by atoms with E-state index in [1.54, 1.807) is 0 Å². The van der Waals surface area contributed by atoms with Crippen molar-refractivity contribution in [1.82, 2.24) is 0 Å². The number of hydrogen-bond acceptors (Lipinski definition) is 4. The van der Waals surface area contributed by atoms with Gasteiger partial charge in [0.25, 0.3) is 0 Å². The van der Waals surface area contributed by atoms with Crippen LogP contribution < -0.4 is 0 Å². The Bertz CT molecular complexity index is 281. The molecule has 2 atom stereocenters. The van der Waals surface area contributed by atoms with Crippen LogP contribution in [0.2, 0.25) is 0 Å². The van der Waals surface area contributed by atoms with Crippen LogP contribution >= 0.6 is 0 Å². The van der Waals surface area contributed by atoms with E-state index in [0.717, 1.165) is 6.92 Å². The number of carboxylic acid groups (broad SMARTS) is 3. The summed E-state index contributed by atoms with van der Waals surface area (Å²) in [5, 5.41) is 34.9. The summed E-state index contributed by atoms with van der Waals surface area (Å²) in [6.45, 7) is 0.829. The molecule has 7 nitrogen and oxygen atoms in total. The van der Waals surface area contributed by atoms with Gasteiger partial charge in [0.15, 0.2) is 5.60 Å². The molecular weight excluding hydrogens is 208 g/mol. The van der Waals surface area contributed by atoms with Gasteiger partial charge >= 0.3 is 17.9 Å². The third-order valence-electron chi connectivity index (χ3n) is 2.06. The maximum Gasteiger partial charge on any atom is 0.336 e. The minimum Gasteiger partial charge on any atom is -0.481 e. The summed E-state index contributed by atoms with van der Waals surface area (Å²) >= 11 is 0. The Balaban J connectivity index is 4.74. The molecule has 2 unspecified atom stereocenters. The van der Waals surface area contributed by atoms with Crippen molar-refractivity contribution in [2.75, 3.05) is 0 Å². The number of aliphatic carboxylic acids is 3. The van der Waals surface area contributed by atoms with E-state index in [9.17, 15) is 19.5 Å². The second kappa shape index (κ2) is 4.74. The third-order valence-corrected chi connectivity index (χ3v) is 2.06. The molecule has 0 amide bonds. The first kappa shape index (κ1) is 13.4. The van der Waals surface area contributed by atoms with Crippen molar-refractivity contribution in [3.8, 4) is 0 Å². The highest BCUT2D eigenvalue weighted by Gasteiger charge is 2.43. The predicted molar refractivity (Wildman–Crippen MR) is 46.3 cm³/mol. The molecule has 0 aliphatic heterocycles. The van der Waals surface area contributed by atoms with E-state index >= 15 is 0 Å². The van der Waals surface area contributed by atoms with Crippen LogP contribution in [0.4, 0.5) is 0 Å². The van der Waals surface area contributed by atoms with Crippen LogP contribution in [0.1, 0.15) is 19.8 Å². The fraction of sp³-hybridized carbons (Fsp3) is 0.625. The van der Waals surface area contributed by atoms with Crippen molar-refractivity contribution in [1.29, 1.82) is 0 Å². The van der Waals surface area contributed by atoms with Gasteiger partial charge in [-0.05, 0) is 13.3 Å². The minimum atomic E-state index is -2.47. The quantitative estimate of drug-likeness (QED) is 0.469. The molecule has 0 saturated carbocycles. The second-order valence-corrected chi connectivity index (χ2v) is 3.28. The van der Waals surface area contributed by atoms with E-state index in [4.69, 9.17) is 15.3 Å². The number of aliphatic hydroxyl groups is 1. The zero-order valence-electron chi connectivity index (χ0n) is 8.01. The van der Waals surface area contributed by atoms with Crippen molar-refractivity contribution >= 4 is 17.9 Å². The summed E-state index contributed by atoms with van der Waals surface area (Å²) in [6, 6.07) is 0. The molecule has 0 aromatic carbocycles. The number of carbonyl (C=O) groups is 3. The highest BCUT2D eigenvalue weighted by molar-refractivity contribution is 5.85. The predicted octanol–water partition coefficient (Wildman–Crippen LogP) is -0.612. The molecule has 0 rings (SSSR count). The second-order valence-electron chi connectivity index (χ2n) is 3.28. The molecule has 0 heterocycles. The molecule has 0 fully saturated rings. The van der Waals surface area contributed by atoms with E-state index in [1.807, 2.05) is 0 Å². The Morgan fingerprint density at radius 2 is 1.67 bits per heavy atom. The van der Waals surface area contributed by atoms with Gasteiger partial charge in [-0.3, -0.25) is 9.59 Å². The Kier molecular flexibility index (Phi) is 4.22. The Morgan fingerprint density at radius 3 is 1.93 bits per heavy atom. The number of hydrogen-bond donors (Lipinski definition) is 4. The minimum absolute atomic E-state index is 0.441. The Morgan fingerprint density at radius 1 is 1.20 bits per heavy atom. The van der Waals surface area contributed by atoms with Gasteiger partial charge in [-0.1, -0.05) is 0 Å². The molecule has 15 heavy (non-hydrogen) atoms. The summed E-state index contributed by atoms with van der Waals surface area (Å²) in [5.41, 5.74) is -2.47. The van der Waals surface area contributed by atoms with Crippen LogP contribution in [-0.4, -0.2) is 43.9 Å². The largest absolute Gasteiger partial charge is 0.481 e. The third kappa shape index (κ3) is 3.55. The van der Waals surface area contributed by atoms with Crippen LogP contribution in [-0.2, 0) is 14.4 Å². The fourth-order valence-corrected chi connectivity index (χ4v) is 1.06. The van der Waals surface area contributed by atoms with E-state index in [0.29, 0.717) is 0 Å². The summed E-state index contributed by atoms with van der Waals surface area (Å²) in [7, 11) is 0. The molecule has 0 saturated heterocycles. The van der Waals surface area contributed by atoms with E-state index in [1.165, 1.54) is 0 Å². The molecule has 0 aromatic rings. The molecule has 0 aliphatic rings. The van der Waals surface area contributed by atoms with Crippen LogP contribution in [0.15, 0.2) is 0 Å². The average molecular weight is 220 g/mol. The van der Waals surface area contributed by atoms with Gasteiger partial charge < -0.3 is 20.4 Å². The van der Waals surface area contributed by atoms with Crippen LogP contribution in [0.5, 0.6) is 0 Å². The molecule has 0 spiro atoms. The monoisotopic (exact) mass is 220 g/mol. The lowest BCUT2D eigenvalue weighted by Gasteiger charge is -2.24. The fourth-order valence-electron chi connectivity index (χ4n) is 1.06. The highest BCUT2D eigenvalue weighted by atomic mass is 16.4. The molecule has 0 aromatic heterocycles. The maximum absolute atomic E-state index is 10.6. The number of carboxylic acids is 3. The molecule has 0 aliphatic carbocycles. The lowest BCUT2D eigenvalue weighted by molar-refractivity contribution is -0.172. The summed E-state index contributed by atoms with van der Waals surface area (Å²) < 4.78 is 0. The van der Waals surface area contributed by atoms with E-state index in [-0.39, 0.29) is 0 Å². The van der Waals surface area contributed by atoms with Crippen LogP contribution in [0.25, 0.3) is 0 Å². The first-order valence-electron chi connectivity index (χ1n) is 4.10. The molecule has 0 bridgehead atoms. The van der Waals surface area contributed by atoms with Gasteiger partial charge in [-0.15, -0.1) is 0 Å².